The maximum Gasteiger partial charge on any atom is 0.341 e. The molecule has 6 nitrogen and oxygen atoms in total. The Labute approximate surface area is 146 Å². The van der Waals surface area contributed by atoms with Crippen molar-refractivity contribution in [2.75, 3.05) is 12.8 Å². The topological polar surface area (TPSA) is 90.6 Å². The van der Waals surface area contributed by atoms with Crippen LogP contribution in [0.4, 0.5) is 5.69 Å². The lowest BCUT2D eigenvalue weighted by atomic mass is 10.1. The average molecular weight is 342 g/mol. The van der Waals surface area contributed by atoms with Crippen LogP contribution in [0, 0.1) is 6.92 Å². The number of methoxy groups -OCH3 is 1. The highest BCUT2D eigenvalue weighted by molar-refractivity contribution is 5.97. The molecule has 0 fully saturated rings. The van der Waals surface area contributed by atoms with E-state index in [-0.39, 0.29) is 11.5 Å². The second-order valence-electron chi connectivity index (χ2n) is 5.65. The molecule has 0 bridgehead atoms. The van der Waals surface area contributed by atoms with E-state index in [1.165, 1.54) is 6.92 Å². The molecule has 2 aromatic rings. The van der Waals surface area contributed by atoms with E-state index in [0.29, 0.717) is 12.2 Å². The number of carbonyl (C=O) groups is 2. The standard InChI is InChI=1S/C19H22N2O4/c1-12-5-4-6-16(17(12)20)19(23)25-13(2)18(22)21-11-14-7-9-15(24-3)10-8-14/h4-10,13H,11,20H2,1-3H3,(H,21,22)/t13-/m1/s1. The molecule has 0 aliphatic carbocycles. The van der Waals surface area contributed by atoms with Gasteiger partial charge in [0.2, 0.25) is 0 Å². The van der Waals surface area contributed by atoms with Gasteiger partial charge in [0.1, 0.15) is 5.75 Å². The number of para-hydroxylation sites is 1. The van der Waals surface area contributed by atoms with E-state index in [1.807, 2.05) is 24.3 Å². The SMILES string of the molecule is COc1ccc(CNC(=O)[C@@H](C)OC(=O)c2cccc(C)c2N)cc1. The quantitative estimate of drug-likeness (QED) is 0.621. The van der Waals surface area contributed by atoms with Crippen LogP contribution in [0.3, 0.4) is 0 Å². The maximum absolute atomic E-state index is 12.2. The van der Waals surface area contributed by atoms with Gasteiger partial charge < -0.3 is 20.5 Å². The molecule has 6 heteroatoms. The van der Waals surface area contributed by atoms with Crippen LogP contribution in [0.25, 0.3) is 0 Å². The van der Waals surface area contributed by atoms with Crippen LogP contribution in [0.5, 0.6) is 5.75 Å². The molecular formula is C19H22N2O4. The van der Waals surface area contributed by atoms with E-state index in [4.69, 9.17) is 15.2 Å². The first-order chi connectivity index (χ1) is 11.9. The van der Waals surface area contributed by atoms with E-state index in [9.17, 15) is 9.59 Å². The fourth-order valence-electron chi connectivity index (χ4n) is 2.21. The number of nitrogen functional groups attached to an aromatic ring is 1. The van der Waals surface area contributed by atoms with Crippen LogP contribution in [-0.4, -0.2) is 25.1 Å². The Morgan fingerprint density at radius 1 is 1.16 bits per heavy atom. The molecule has 132 valence electrons. The fourth-order valence-corrected chi connectivity index (χ4v) is 2.21. The third-order valence-electron chi connectivity index (χ3n) is 3.82. The molecule has 0 saturated heterocycles. The van der Waals surface area contributed by atoms with Crippen molar-refractivity contribution in [3.63, 3.8) is 0 Å². The van der Waals surface area contributed by atoms with Crippen molar-refractivity contribution in [2.24, 2.45) is 0 Å². The zero-order valence-corrected chi connectivity index (χ0v) is 14.5. The molecule has 0 unspecified atom stereocenters. The molecule has 0 aliphatic heterocycles. The highest BCUT2D eigenvalue weighted by Gasteiger charge is 2.20. The first-order valence-corrected chi connectivity index (χ1v) is 7.89. The van der Waals surface area contributed by atoms with Crippen LogP contribution < -0.4 is 15.8 Å². The van der Waals surface area contributed by atoms with Crippen molar-refractivity contribution in [2.45, 2.75) is 26.5 Å². The largest absolute Gasteiger partial charge is 0.497 e. The van der Waals surface area contributed by atoms with Gasteiger partial charge >= 0.3 is 5.97 Å². The minimum absolute atomic E-state index is 0.259. The van der Waals surface area contributed by atoms with E-state index in [2.05, 4.69) is 5.32 Å². The molecule has 1 atom stereocenters. The lowest BCUT2D eigenvalue weighted by molar-refractivity contribution is -0.129. The van der Waals surface area contributed by atoms with E-state index >= 15 is 0 Å². The Bertz CT molecular complexity index is 757. The number of aryl methyl sites for hydroxylation is 1. The lowest BCUT2D eigenvalue weighted by Crippen LogP contribution is -2.35. The van der Waals surface area contributed by atoms with Crippen molar-refractivity contribution < 1.29 is 19.1 Å². The van der Waals surface area contributed by atoms with Crippen molar-refractivity contribution in [1.29, 1.82) is 0 Å². The summed E-state index contributed by atoms with van der Waals surface area (Å²) in [5.74, 6) is -0.253. The van der Waals surface area contributed by atoms with Gasteiger partial charge in [0, 0.05) is 12.2 Å². The molecule has 0 saturated carbocycles. The van der Waals surface area contributed by atoms with Gasteiger partial charge in [-0.3, -0.25) is 4.79 Å². The van der Waals surface area contributed by atoms with Crippen molar-refractivity contribution in [1.82, 2.24) is 5.32 Å². The molecule has 2 rings (SSSR count). The van der Waals surface area contributed by atoms with Gasteiger partial charge in [0.05, 0.1) is 12.7 Å². The predicted molar refractivity (Wildman–Crippen MR) is 95.3 cm³/mol. The zero-order chi connectivity index (χ0) is 18.4. The number of esters is 1. The number of ether oxygens (including phenoxy) is 2. The van der Waals surface area contributed by atoms with Gasteiger partial charge in [0.25, 0.3) is 5.91 Å². The summed E-state index contributed by atoms with van der Waals surface area (Å²) in [6.45, 7) is 3.65. The Morgan fingerprint density at radius 2 is 1.84 bits per heavy atom. The summed E-state index contributed by atoms with van der Waals surface area (Å²) in [6.07, 6.45) is -0.925. The van der Waals surface area contributed by atoms with Gasteiger partial charge in [-0.05, 0) is 43.2 Å². The highest BCUT2D eigenvalue weighted by atomic mass is 16.5. The van der Waals surface area contributed by atoms with E-state index in [0.717, 1.165) is 16.9 Å². The summed E-state index contributed by atoms with van der Waals surface area (Å²) < 4.78 is 10.3. The maximum atomic E-state index is 12.2. The second kappa shape index (κ2) is 8.19. The smallest absolute Gasteiger partial charge is 0.341 e. The fraction of sp³-hybridized carbons (Fsp3) is 0.263. The molecule has 3 N–H and O–H groups in total. The van der Waals surface area contributed by atoms with Crippen LogP contribution in [-0.2, 0) is 16.1 Å². The van der Waals surface area contributed by atoms with Gasteiger partial charge in [0.15, 0.2) is 6.10 Å². The number of hydrogen-bond acceptors (Lipinski definition) is 5. The number of nitrogens with one attached hydrogen (secondary N) is 1. The first-order valence-electron chi connectivity index (χ1n) is 7.89. The summed E-state index contributed by atoms with van der Waals surface area (Å²) in [4.78, 5) is 24.3. The normalized spacial score (nSPS) is 11.5. The number of nitrogens with two attached hydrogens (primary N) is 1. The van der Waals surface area contributed by atoms with E-state index < -0.39 is 12.1 Å². The molecular weight excluding hydrogens is 320 g/mol. The van der Waals surface area contributed by atoms with Crippen molar-refractivity contribution >= 4 is 17.6 Å². The van der Waals surface area contributed by atoms with E-state index in [1.54, 1.807) is 32.2 Å². The molecule has 0 aromatic heterocycles. The molecule has 2 aromatic carbocycles. The van der Waals surface area contributed by atoms with Crippen LogP contribution >= 0.6 is 0 Å². The summed E-state index contributed by atoms with van der Waals surface area (Å²) >= 11 is 0. The van der Waals surface area contributed by atoms with Gasteiger partial charge in [-0.1, -0.05) is 24.3 Å². The zero-order valence-electron chi connectivity index (χ0n) is 14.5. The monoisotopic (exact) mass is 342 g/mol. The van der Waals surface area contributed by atoms with Crippen LogP contribution in [0.1, 0.15) is 28.4 Å². The summed E-state index contributed by atoms with van der Waals surface area (Å²) in [6, 6.07) is 12.4. The number of carbonyl (C=O) groups excluding carboxylic acids is 2. The minimum atomic E-state index is -0.925. The predicted octanol–water partition coefficient (Wildman–Crippen LogP) is 2.45. The molecule has 0 aliphatic rings. The van der Waals surface area contributed by atoms with Crippen LogP contribution in [0.2, 0.25) is 0 Å². The van der Waals surface area contributed by atoms with Gasteiger partial charge in [-0.25, -0.2) is 4.79 Å². The summed E-state index contributed by atoms with van der Waals surface area (Å²) in [5, 5.41) is 2.73. The number of rotatable bonds is 6. The number of benzene rings is 2. The highest BCUT2D eigenvalue weighted by Crippen LogP contribution is 2.18. The Balaban J connectivity index is 1.91. The van der Waals surface area contributed by atoms with Gasteiger partial charge in [-0.2, -0.15) is 0 Å². The average Bonchev–Trinajstić information content (AvgIpc) is 2.62. The lowest BCUT2D eigenvalue weighted by Gasteiger charge is -2.15. The Hall–Kier alpha value is -3.02. The Kier molecular flexibility index (Phi) is 6.00. The molecule has 0 spiro atoms. The second-order valence-corrected chi connectivity index (χ2v) is 5.65. The third kappa shape index (κ3) is 4.73. The van der Waals surface area contributed by atoms with Crippen molar-refractivity contribution in [3.05, 3.63) is 59.2 Å². The van der Waals surface area contributed by atoms with Crippen molar-refractivity contribution in [3.8, 4) is 5.75 Å². The van der Waals surface area contributed by atoms with Crippen LogP contribution in [0.15, 0.2) is 42.5 Å². The first kappa shape index (κ1) is 18.3. The molecule has 0 heterocycles. The third-order valence-corrected chi connectivity index (χ3v) is 3.82. The summed E-state index contributed by atoms with van der Waals surface area (Å²) in [5.41, 5.74) is 8.20. The summed E-state index contributed by atoms with van der Waals surface area (Å²) in [7, 11) is 1.59. The number of anilines is 1. The van der Waals surface area contributed by atoms with Gasteiger partial charge in [-0.15, -0.1) is 0 Å². The molecule has 25 heavy (non-hydrogen) atoms. The Morgan fingerprint density at radius 3 is 2.48 bits per heavy atom. The molecule has 0 radical (unpaired) electrons. The number of amides is 1. The molecule has 1 amide bonds. The number of hydrogen-bond donors (Lipinski definition) is 2. The minimum Gasteiger partial charge on any atom is -0.497 e.